The van der Waals surface area contributed by atoms with Crippen LogP contribution in [0.15, 0.2) is 53.6 Å². The van der Waals surface area contributed by atoms with Crippen molar-refractivity contribution in [3.8, 4) is 0 Å². The quantitative estimate of drug-likeness (QED) is 0.694. The Kier molecular flexibility index (Phi) is 2.24. The van der Waals surface area contributed by atoms with Gasteiger partial charge in [-0.2, -0.15) is 0 Å². The maximum absolute atomic E-state index is 11.9. The number of carbonyl (C=O) groups excluding carboxylic acids is 1. The van der Waals surface area contributed by atoms with Crippen molar-refractivity contribution in [3.05, 3.63) is 59.2 Å². The molecule has 0 spiro atoms. The van der Waals surface area contributed by atoms with Gasteiger partial charge in [-0.15, -0.1) is 0 Å². The summed E-state index contributed by atoms with van der Waals surface area (Å²) in [5.41, 5.74) is 3.63. The number of rotatable bonds is 1. The van der Waals surface area contributed by atoms with Crippen LogP contribution in [-0.4, -0.2) is 5.78 Å². The van der Waals surface area contributed by atoms with Crippen molar-refractivity contribution in [1.82, 2.24) is 0 Å². The molecule has 3 rings (SSSR count). The van der Waals surface area contributed by atoms with Crippen molar-refractivity contribution in [2.45, 2.75) is 25.2 Å². The first-order valence-electron chi connectivity index (χ1n) is 5.84. The van der Waals surface area contributed by atoms with Crippen LogP contribution in [0.25, 0.3) is 0 Å². The minimum absolute atomic E-state index is 0.319. The smallest absolute Gasteiger partial charge is 0.163 e. The van der Waals surface area contributed by atoms with Crippen LogP contribution >= 0.6 is 0 Å². The molecule has 0 radical (unpaired) electrons. The zero-order valence-electron chi connectivity index (χ0n) is 9.15. The van der Waals surface area contributed by atoms with Crippen LogP contribution in [0.1, 0.15) is 30.7 Å². The second kappa shape index (κ2) is 3.75. The highest BCUT2D eigenvalue weighted by atomic mass is 16.1. The van der Waals surface area contributed by atoms with Gasteiger partial charge in [0.05, 0.1) is 0 Å². The van der Waals surface area contributed by atoms with Crippen LogP contribution in [0.3, 0.4) is 0 Å². The summed E-state index contributed by atoms with van der Waals surface area (Å²) >= 11 is 0. The van der Waals surface area contributed by atoms with E-state index in [0.717, 1.165) is 18.4 Å². The molecular weight excluding hydrogens is 196 g/mol. The Balaban J connectivity index is 2.03. The van der Waals surface area contributed by atoms with Crippen LogP contribution in [-0.2, 0) is 4.79 Å². The van der Waals surface area contributed by atoms with E-state index in [2.05, 4.69) is 30.3 Å². The maximum Gasteiger partial charge on any atom is 0.163 e. The Hall–Kier alpha value is -1.63. The second-order valence-corrected chi connectivity index (χ2v) is 4.47. The first-order valence-corrected chi connectivity index (χ1v) is 5.84. The second-order valence-electron chi connectivity index (χ2n) is 4.47. The van der Waals surface area contributed by atoms with Crippen LogP contribution < -0.4 is 0 Å². The van der Waals surface area contributed by atoms with E-state index in [4.69, 9.17) is 0 Å². The minimum atomic E-state index is 0.319. The Morgan fingerprint density at radius 2 is 1.94 bits per heavy atom. The van der Waals surface area contributed by atoms with E-state index in [1.807, 2.05) is 12.1 Å². The van der Waals surface area contributed by atoms with Crippen molar-refractivity contribution in [1.29, 1.82) is 0 Å². The van der Waals surface area contributed by atoms with Crippen LogP contribution in [0.5, 0.6) is 0 Å². The standard InChI is InChI=1S/C15H14O/c16-15-10-14(11-6-2-1-3-7-11)12-8-4-5-9-13(12)15/h1-3,5-7,9,14H,4,8,10H2. The predicted molar refractivity (Wildman–Crippen MR) is 64.2 cm³/mol. The summed E-state index contributed by atoms with van der Waals surface area (Å²) in [6, 6.07) is 10.4. The van der Waals surface area contributed by atoms with Crippen LogP contribution in [0, 0.1) is 0 Å². The molecule has 1 aromatic rings. The fraction of sp³-hybridized carbons (Fsp3) is 0.267. The van der Waals surface area contributed by atoms with Gasteiger partial charge in [-0.25, -0.2) is 0 Å². The van der Waals surface area contributed by atoms with Crippen LogP contribution in [0.4, 0.5) is 0 Å². The molecule has 1 nitrogen and oxygen atoms in total. The third-order valence-electron chi connectivity index (χ3n) is 3.52. The topological polar surface area (TPSA) is 17.1 Å². The molecule has 2 aliphatic carbocycles. The molecule has 80 valence electrons. The summed E-state index contributed by atoms with van der Waals surface area (Å²) < 4.78 is 0. The summed E-state index contributed by atoms with van der Waals surface area (Å²) in [7, 11) is 0. The highest BCUT2D eigenvalue weighted by Crippen LogP contribution is 2.41. The van der Waals surface area contributed by atoms with E-state index in [1.54, 1.807) is 0 Å². The number of Topliss-reactive ketones (excluding diaryl/α,β-unsaturated/α-hetero) is 1. The molecule has 0 heterocycles. The molecule has 0 aliphatic heterocycles. The van der Waals surface area contributed by atoms with E-state index in [-0.39, 0.29) is 0 Å². The number of hydrogen-bond donors (Lipinski definition) is 0. The average Bonchev–Trinajstić information content (AvgIpc) is 2.69. The lowest BCUT2D eigenvalue weighted by Crippen LogP contribution is -1.99. The van der Waals surface area contributed by atoms with Gasteiger partial charge < -0.3 is 0 Å². The first-order chi connectivity index (χ1) is 7.86. The van der Waals surface area contributed by atoms with Gasteiger partial charge in [0, 0.05) is 17.9 Å². The Morgan fingerprint density at radius 3 is 2.75 bits per heavy atom. The molecule has 0 saturated heterocycles. The molecule has 1 heteroatoms. The molecule has 0 amide bonds. The van der Waals surface area contributed by atoms with E-state index in [1.165, 1.54) is 11.1 Å². The Morgan fingerprint density at radius 1 is 1.12 bits per heavy atom. The number of hydrogen-bond acceptors (Lipinski definition) is 1. The molecule has 0 aromatic heterocycles. The molecular formula is C15H14O. The largest absolute Gasteiger partial charge is 0.294 e. The highest BCUT2D eigenvalue weighted by molar-refractivity contribution is 6.02. The minimum Gasteiger partial charge on any atom is -0.294 e. The Labute approximate surface area is 95.5 Å². The van der Waals surface area contributed by atoms with E-state index < -0.39 is 0 Å². The van der Waals surface area contributed by atoms with Gasteiger partial charge in [-0.3, -0.25) is 4.79 Å². The normalized spacial score (nSPS) is 23.8. The monoisotopic (exact) mass is 210 g/mol. The number of allylic oxidation sites excluding steroid dienone is 4. The van der Waals surface area contributed by atoms with E-state index in [9.17, 15) is 4.79 Å². The van der Waals surface area contributed by atoms with Crippen LogP contribution in [0.2, 0.25) is 0 Å². The SMILES string of the molecule is O=C1CC(c2ccccc2)C2=C1C=CCC2. The van der Waals surface area contributed by atoms with Gasteiger partial charge in [0.15, 0.2) is 5.78 Å². The first kappa shape index (κ1) is 9.59. The van der Waals surface area contributed by atoms with Gasteiger partial charge >= 0.3 is 0 Å². The van der Waals surface area contributed by atoms with E-state index >= 15 is 0 Å². The lowest BCUT2D eigenvalue weighted by atomic mass is 9.88. The van der Waals surface area contributed by atoms with Gasteiger partial charge in [0.1, 0.15) is 0 Å². The molecule has 0 bridgehead atoms. The molecule has 0 fully saturated rings. The summed E-state index contributed by atoms with van der Waals surface area (Å²) in [6.07, 6.45) is 6.93. The third-order valence-corrected chi connectivity index (χ3v) is 3.52. The lowest BCUT2D eigenvalue weighted by molar-refractivity contribution is -0.114. The third kappa shape index (κ3) is 1.44. The summed E-state index contributed by atoms with van der Waals surface area (Å²) in [5, 5.41) is 0. The van der Waals surface area contributed by atoms with Gasteiger partial charge in [-0.1, -0.05) is 48.1 Å². The lowest BCUT2D eigenvalue weighted by Gasteiger charge is -2.16. The zero-order chi connectivity index (χ0) is 11.0. The predicted octanol–water partition coefficient (Wildman–Crippen LogP) is 3.39. The molecule has 2 aliphatic rings. The molecule has 16 heavy (non-hydrogen) atoms. The highest BCUT2D eigenvalue weighted by Gasteiger charge is 2.32. The summed E-state index contributed by atoms with van der Waals surface area (Å²) in [5.74, 6) is 0.661. The Bertz CT molecular complexity index is 479. The van der Waals surface area contributed by atoms with Gasteiger partial charge in [0.2, 0.25) is 0 Å². The van der Waals surface area contributed by atoms with Gasteiger partial charge in [-0.05, 0) is 18.4 Å². The molecule has 1 unspecified atom stereocenters. The molecule has 1 aromatic carbocycles. The summed E-state index contributed by atoms with van der Waals surface area (Å²) in [6.45, 7) is 0. The number of benzene rings is 1. The molecule has 1 atom stereocenters. The molecule has 0 saturated carbocycles. The zero-order valence-corrected chi connectivity index (χ0v) is 9.15. The fourth-order valence-electron chi connectivity index (χ4n) is 2.74. The summed E-state index contributed by atoms with van der Waals surface area (Å²) in [4.78, 5) is 11.9. The van der Waals surface area contributed by atoms with Crippen molar-refractivity contribution in [2.24, 2.45) is 0 Å². The van der Waals surface area contributed by atoms with E-state index in [0.29, 0.717) is 18.1 Å². The molecule has 0 N–H and O–H groups in total. The van der Waals surface area contributed by atoms with Gasteiger partial charge in [0.25, 0.3) is 0 Å². The fourth-order valence-corrected chi connectivity index (χ4v) is 2.74. The van der Waals surface area contributed by atoms with Crippen molar-refractivity contribution in [3.63, 3.8) is 0 Å². The van der Waals surface area contributed by atoms with Crippen molar-refractivity contribution < 1.29 is 4.79 Å². The maximum atomic E-state index is 11.9. The number of carbonyl (C=O) groups is 1. The number of ketones is 1. The average molecular weight is 210 g/mol. The van der Waals surface area contributed by atoms with Crippen molar-refractivity contribution in [2.75, 3.05) is 0 Å². The van der Waals surface area contributed by atoms with Crippen molar-refractivity contribution >= 4 is 5.78 Å².